The van der Waals surface area contributed by atoms with E-state index in [-0.39, 0.29) is 0 Å². The Morgan fingerprint density at radius 1 is 1.56 bits per heavy atom. The normalized spacial score (nSPS) is 21.2. The third-order valence-corrected chi connectivity index (χ3v) is 4.89. The first-order valence-electron chi connectivity index (χ1n) is 5.41. The van der Waals surface area contributed by atoms with Gasteiger partial charge in [-0.05, 0) is 30.7 Å². The van der Waals surface area contributed by atoms with E-state index < -0.39 is 0 Å². The van der Waals surface area contributed by atoms with E-state index in [9.17, 15) is 0 Å². The summed E-state index contributed by atoms with van der Waals surface area (Å²) in [5, 5.41) is 1.68. The first kappa shape index (κ1) is 12.6. The molecule has 0 aliphatic carbocycles. The summed E-state index contributed by atoms with van der Waals surface area (Å²) in [4.78, 5) is 2.49. The summed E-state index contributed by atoms with van der Waals surface area (Å²) in [5.74, 6) is 2.43. The van der Waals surface area contributed by atoms with Crippen LogP contribution in [0.2, 0.25) is 5.02 Å². The lowest BCUT2D eigenvalue weighted by atomic mass is 10.1. The average Bonchev–Trinajstić information content (AvgIpc) is 2.30. The highest BCUT2D eigenvalue weighted by Gasteiger charge is 2.20. The number of benzene rings is 1. The van der Waals surface area contributed by atoms with Crippen molar-refractivity contribution in [3.05, 3.63) is 28.8 Å². The van der Waals surface area contributed by atoms with E-state index in [1.54, 1.807) is 0 Å². The zero-order valence-corrected chi connectivity index (χ0v) is 12.4. The van der Waals surface area contributed by atoms with Crippen LogP contribution in [0.1, 0.15) is 12.5 Å². The number of thioether (sulfide) groups is 1. The Morgan fingerprint density at radius 2 is 2.38 bits per heavy atom. The lowest BCUT2D eigenvalue weighted by Gasteiger charge is -2.36. The molecule has 1 saturated heterocycles. The maximum atomic E-state index is 6.03. The van der Waals surface area contributed by atoms with Crippen LogP contribution in [0.5, 0.6) is 0 Å². The van der Waals surface area contributed by atoms with E-state index in [1.807, 2.05) is 17.8 Å². The van der Waals surface area contributed by atoms with Gasteiger partial charge < -0.3 is 4.90 Å². The third kappa shape index (κ3) is 2.69. The summed E-state index contributed by atoms with van der Waals surface area (Å²) in [7, 11) is 0. The molecule has 0 N–H and O–H groups in total. The van der Waals surface area contributed by atoms with Crippen molar-refractivity contribution in [1.29, 1.82) is 0 Å². The Hall–Kier alpha value is 0.140. The second kappa shape index (κ2) is 5.65. The van der Waals surface area contributed by atoms with Gasteiger partial charge in [0, 0.05) is 40.1 Å². The number of rotatable bonds is 2. The van der Waals surface area contributed by atoms with Crippen molar-refractivity contribution in [2.75, 3.05) is 23.0 Å². The van der Waals surface area contributed by atoms with E-state index in [0.29, 0.717) is 6.04 Å². The Morgan fingerprint density at radius 3 is 3.06 bits per heavy atom. The second-order valence-corrected chi connectivity index (χ2v) is 6.17. The number of hydrogen-bond donors (Lipinski definition) is 0. The van der Waals surface area contributed by atoms with E-state index >= 15 is 0 Å². The minimum atomic E-state index is 0.609. The van der Waals surface area contributed by atoms with Crippen molar-refractivity contribution in [2.45, 2.75) is 18.3 Å². The highest BCUT2D eigenvalue weighted by atomic mass is 79.9. The SMILES string of the molecule is CC1CSCCN1c1ccc(Cl)cc1CBr. The predicted octanol–water partition coefficient (Wildman–Crippen LogP) is 4.18. The lowest BCUT2D eigenvalue weighted by molar-refractivity contribution is 0.698. The molecule has 1 heterocycles. The van der Waals surface area contributed by atoms with Crippen LogP contribution in [-0.4, -0.2) is 24.1 Å². The Kier molecular flexibility index (Phi) is 4.45. The molecule has 0 aromatic heterocycles. The van der Waals surface area contributed by atoms with Crippen LogP contribution in [0.15, 0.2) is 18.2 Å². The highest BCUT2D eigenvalue weighted by Crippen LogP contribution is 2.30. The van der Waals surface area contributed by atoms with E-state index in [2.05, 4.69) is 39.9 Å². The van der Waals surface area contributed by atoms with Crippen molar-refractivity contribution in [3.8, 4) is 0 Å². The van der Waals surface area contributed by atoms with Crippen LogP contribution in [0.25, 0.3) is 0 Å². The van der Waals surface area contributed by atoms with Gasteiger partial charge in [0.15, 0.2) is 0 Å². The van der Waals surface area contributed by atoms with Crippen LogP contribution in [-0.2, 0) is 5.33 Å². The molecule has 1 aromatic rings. The molecule has 1 atom stereocenters. The van der Waals surface area contributed by atoms with Crippen molar-refractivity contribution in [3.63, 3.8) is 0 Å². The van der Waals surface area contributed by atoms with Crippen molar-refractivity contribution >= 4 is 45.0 Å². The monoisotopic (exact) mass is 319 g/mol. The van der Waals surface area contributed by atoms with Crippen LogP contribution >= 0.6 is 39.3 Å². The molecule has 1 aromatic carbocycles. The molecule has 0 amide bonds. The average molecular weight is 321 g/mol. The molecule has 1 unspecified atom stereocenters. The first-order valence-corrected chi connectivity index (χ1v) is 8.06. The van der Waals surface area contributed by atoms with Crippen LogP contribution in [0, 0.1) is 0 Å². The smallest absolute Gasteiger partial charge is 0.0411 e. The van der Waals surface area contributed by atoms with E-state index in [0.717, 1.165) is 16.9 Å². The minimum Gasteiger partial charge on any atom is -0.367 e. The van der Waals surface area contributed by atoms with Crippen LogP contribution in [0.3, 0.4) is 0 Å². The zero-order chi connectivity index (χ0) is 11.5. The zero-order valence-electron chi connectivity index (χ0n) is 9.25. The predicted molar refractivity (Wildman–Crippen MR) is 78.2 cm³/mol. The minimum absolute atomic E-state index is 0.609. The van der Waals surface area contributed by atoms with Gasteiger partial charge >= 0.3 is 0 Å². The molecule has 4 heteroatoms. The van der Waals surface area contributed by atoms with E-state index in [4.69, 9.17) is 11.6 Å². The maximum absolute atomic E-state index is 6.03. The second-order valence-electron chi connectivity index (χ2n) is 4.02. The topological polar surface area (TPSA) is 3.24 Å². The standard InChI is InChI=1S/C12H15BrClNS/c1-9-8-16-5-4-15(9)12-3-2-11(14)6-10(12)7-13/h2-3,6,9H,4-5,7-8H2,1H3. The molecule has 0 spiro atoms. The van der Waals surface area contributed by atoms with Gasteiger partial charge in [-0.1, -0.05) is 27.5 Å². The van der Waals surface area contributed by atoms with Gasteiger partial charge in [0.25, 0.3) is 0 Å². The summed E-state index contributed by atoms with van der Waals surface area (Å²) >= 11 is 11.6. The van der Waals surface area contributed by atoms with Crippen LogP contribution in [0.4, 0.5) is 5.69 Å². The summed E-state index contributed by atoms with van der Waals surface area (Å²) in [5.41, 5.74) is 2.61. The Bertz CT molecular complexity index is 372. The number of anilines is 1. The molecular weight excluding hydrogens is 306 g/mol. The molecule has 1 aliphatic heterocycles. The number of halogens is 2. The Balaban J connectivity index is 2.30. The summed E-state index contributed by atoms with van der Waals surface area (Å²) in [6.45, 7) is 3.42. The first-order chi connectivity index (χ1) is 7.72. The fourth-order valence-electron chi connectivity index (χ4n) is 2.03. The number of nitrogens with zero attached hydrogens (tertiary/aromatic N) is 1. The quantitative estimate of drug-likeness (QED) is 0.752. The van der Waals surface area contributed by atoms with Crippen molar-refractivity contribution < 1.29 is 0 Å². The highest BCUT2D eigenvalue weighted by molar-refractivity contribution is 9.08. The van der Waals surface area contributed by atoms with Gasteiger partial charge in [0.05, 0.1) is 0 Å². The molecule has 0 saturated carbocycles. The molecule has 16 heavy (non-hydrogen) atoms. The van der Waals surface area contributed by atoms with Crippen molar-refractivity contribution in [1.82, 2.24) is 0 Å². The molecule has 0 radical (unpaired) electrons. The van der Waals surface area contributed by atoms with Crippen molar-refractivity contribution in [2.24, 2.45) is 0 Å². The fourth-order valence-corrected chi connectivity index (χ4v) is 3.68. The molecule has 88 valence electrons. The number of hydrogen-bond acceptors (Lipinski definition) is 2. The summed E-state index contributed by atoms with van der Waals surface area (Å²) in [6, 6.07) is 6.79. The summed E-state index contributed by atoms with van der Waals surface area (Å²) < 4.78 is 0. The lowest BCUT2D eigenvalue weighted by Crippen LogP contribution is -2.40. The van der Waals surface area contributed by atoms with Gasteiger partial charge in [-0.2, -0.15) is 11.8 Å². The van der Waals surface area contributed by atoms with Gasteiger partial charge in [-0.3, -0.25) is 0 Å². The van der Waals surface area contributed by atoms with E-state index in [1.165, 1.54) is 22.8 Å². The molecule has 1 aliphatic rings. The fraction of sp³-hybridized carbons (Fsp3) is 0.500. The number of alkyl halides is 1. The molecule has 2 rings (SSSR count). The Labute approximate surface area is 115 Å². The van der Waals surface area contributed by atoms with Gasteiger partial charge in [-0.15, -0.1) is 0 Å². The largest absolute Gasteiger partial charge is 0.367 e. The van der Waals surface area contributed by atoms with Crippen LogP contribution < -0.4 is 4.90 Å². The van der Waals surface area contributed by atoms with Gasteiger partial charge in [0.2, 0.25) is 0 Å². The van der Waals surface area contributed by atoms with Gasteiger partial charge in [0.1, 0.15) is 0 Å². The summed E-state index contributed by atoms with van der Waals surface area (Å²) in [6.07, 6.45) is 0. The van der Waals surface area contributed by atoms with Gasteiger partial charge in [-0.25, -0.2) is 0 Å². The molecule has 1 fully saturated rings. The maximum Gasteiger partial charge on any atom is 0.0411 e. The molecule has 1 nitrogen and oxygen atoms in total. The third-order valence-electron chi connectivity index (χ3n) is 2.86. The molecular formula is C12H15BrClNS. The molecule has 0 bridgehead atoms.